The van der Waals surface area contributed by atoms with E-state index >= 15 is 0 Å². The van der Waals surface area contributed by atoms with Crippen molar-refractivity contribution in [3.05, 3.63) is 33.4 Å². The van der Waals surface area contributed by atoms with E-state index in [1.54, 1.807) is 4.90 Å². The number of halogens is 1. The van der Waals surface area contributed by atoms with Gasteiger partial charge in [-0.2, -0.15) is 0 Å². The number of thiocarbonyl (C=S) groups is 1. The van der Waals surface area contributed by atoms with E-state index in [1.807, 2.05) is 38.1 Å². The summed E-state index contributed by atoms with van der Waals surface area (Å²) in [6.45, 7) is 5.11. The molecule has 1 aromatic rings. The molecule has 2 N–H and O–H groups in total. The quantitative estimate of drug-likeness (QED) is 0.635. The number of nitrogens with zero attached hydrogens (tertiary/aromatic N) is 1. The lowest BCUT2D eigenvalue weighted by Gasteiger charge is -2.24. The summed E-state index contributed by atoms with van der Waals surface area (Å²) in [5.74, 6) is 0.0609. The Hall–Kier alpha value is -0.690. The van der Waals surface area contributed by atoms with Crippen molar-refractivity contribution < 1.29 is 4.79 Å². The maximum absolute atomic E-state index is 12.3. The van der Waals surface area contributed by atoms with Gasteiger partial charge in [0.25, 0.3) is 5.91 Å². The van der Waals surface area contributed by atoms with E-state index in [4.69, 9.17) is 18.0 Å². The Kier molecular flexibility index (Phi) is 6.01. The highest BCUT2D eigenvalue weighted by molar-refractivity contribution is 14.1. The molecule has 0 aliphatic rings. The SMILES string of the molecule is CCN(CC(C)C(N)=S)C(=O)c1cccc(I)c1. The number of nitrogens with two attached hydrogens (primary N) is 1. The highest BCUT2D eigenvalue weighted by Crippen LogP contribution is 2.12. The van der Waals surface area contributed by atoms with Crippen molar-refractivity contribution in [3.63, 3.8) is 0 Å². The molecule has 0 saturated carbocycles. The first-order chi connectivity index (χ1) is 8.45. The highest BCUT2D eigenvalue weighted by Gasteiger charge is 2.17. The second-order valence-corrected chi connectivity index (χ2v) is 5.87. The van der Waals surface area contributed by atoms with Crippen molar-refractivity contribution in [2.75, 3.05) is 13.1 Å². The number of hydrogen-bond donors (Lipinski definition) is 1. The molecule has 0 bridgehead atoms. The van der Waals surface area contributed by atoms with Crippen LogP contribution in [-0.2, 0) is 0 Å². The van der Waals surface area contributed by atoms with Crippen LogP contribution in [0.4, 0.5) is 0 Å². The molecule has 0 aliphatic carbocycles. The molecule has 1 amide bonds. The van der Waals surface area contributed by atoms with Crippen molar-refractivity contribution in [2.45, 2.75) is 13.8 Å². The third kappa shape index (κ3) is 4.20. The topological polar surface area (TPSA) is 46.3 Å². The Morgan fingerprint density at radius 2 is 2.22 bits per heavy atom. The zero-order valence-corrected chi connectivity index (χ0v) is 13.5. The van der Waals surface area contributed by atoms with E-state index in [0.717, 1.165) is 3.57 Å². The first-order valence-electron chi connectivity index (χ1n) is 5.79. The summed E-state index contributed by atoms with van der Waals surface area (Å²) in [5.41, 5.74) is 6.30. The van der Waals surface area contributed by atoms with Crippen LogP contribution in [-0.4, -0.2) is 28.9 Å². The van der Waals surface area contributed by atoms with E-state index in [9.17, 15) is 4.79 Å². The van der Waals surface area contributed by atoms with E-state index < -0.39 is 0 Å². The van der Waals surface area contributed by atoms with E-state index in [1.165, 1.54) is 0 Å². The summed E-state index contributed by atoms with van der Waals surface area (Å²) >= 11 is 7.15. The molecule has 0 aliphatic heterocycles. The van der Waals surface area contributed by atoms with Crippen LogP contribution >= 0.6 is 34.8 Å². The molecule has 1 aromatic carbocycles. The van der Waals surface area contributed by atoms with Crippen molar-refractivity contribution in [1.82, 2.24) is 4.90 Å². The molecule has 18 heavy (non-hydrogen) atoms. The molecule has 1 unspecified atom stereocenters. The Balaban J connectivity index is 2.82. The van der Waals surface area contributed by atoms with Gasteiger partial charge in [0.2, 0.25) is 0 Å². The molecular weight excluding hydrogens is 359 g/mol. The smallest absolute Gasteiger partial charge is 0.253 e. The molecule has 0 spiro atoms. The fraction of sp³-hybridized carbons (Fsp3) is 0.385. The minimum absolute atomic E-state index is 0.0270. The number of amides is 1. The largest absolute Gasteiger partial charge is 0.393 e. The fourth-order valence-electron chi connectivity index (χ4n) is 1.58. The van der Waals surface area contributed by atoms with Crippen molar-refractivity contribution >= 4 is 45.7 Å². The van der Waals surface area contributed by atoms with Crippen LogP contribution in [0.2, 0.25) is 0 Å². The van der Waals surface area contributed by atoms with Gasteiger partial charge in [-0.1, -0.05) is 25.2 Å². The molecule has 1 atom stereocenters. The minimum atomic E-state index is 0.0270. The van der Waals surface area contributed by atoms with Gasteiger partial charge in [-0.15, -0.1) is 0 Å². The highest BCUT2D eigenvalue weighted by atomic mass is 127. The van der Waals surface area contributed by atoms with Crippen LogP contribution in [0.15, 0.2) is 24.3 Å². The number of benzene rings is 1. The second kappa shape index (κ2) is 7.04. The summed E-state index contributed by atoms with van der Waals surface area (Å²) in [5, 5.41) is 0. The van der Waals surface area contributed by atoms with Gasteiger partial charge in [0, 0.05) is 28.1 Å². The molecule has 0 radical (unpaired) electrons. The van der Waals surface area contributed by atoms with E-state index in [-0.39, 0.29) is 11.8 Å². The maximum atomic E-state index is 12.3. The number of rotatable bonds is 5. The normalized spacial score (nSPS) is 11.9. The minimum Gasteiger partial charge on any atom is -0.393 e. The zero-order chi connectivity index (χ0) is 13.7. The lowest BCUT2D eigenvalue weighted by atomic mass is 10.1. The molecule has 3 nitrogen and oxygen atoms in total. The molecule has 1 rings (SSSR count). The van der Waals surface area contributed by atoms with E-state index in [2.05, 4.69) is 22.6 Å². The first-order valence-corrected chi connectivity index (χ1v) is 7.28. The molecule has 5 heteroatoms. The number of hydrogen-bond acceptors (Lipinski definition) is 2. The zero-order valence-electron chi connectivity index (χ0n) is 10.5. The molecule has 0 aromatic heterocycles. The summed E-state index contributed by atoms with van der Waals surface area (Å²) in [7, 11) is 0. The van der Waals surface area contributed by atoms with Gasteiger partial charge in [0.05, 0.1) is 4.99 Å². The average Bonchev–Trinajstić information content (AvgIpc) is 2.34. The standard InChI is InChI=1S/C13H17IN2OS/c1-3-16(8-9(2)12(15)18)13(17)10-5-4-6-11(14)7-10/h4-7,9H,3,8H2,1-2H3,(H2,15,18). The Bertz CT molecular complexity index is 450. The van der Waals surface area contributed by atoms with Crippen LogP contribution in [0.5, 0.6) is 0 Å². The van der Waals surface area contributed by atoms with Gasteiger partial charge in [0.15, 0.2) is 0 Å². The predicted octanol–water partition coefficient (Wildman–Crippen LogP) is 2.68. The van der Waals surface area contributed by atoms with Crippen LogP contribution in [0.3, 0.4) is 0 Å². The van der Waals surface area contributed by atoms with Crippen molar-refractivity contribution in [1.29, 1.82) is 0 Å². The van der Waals surface area contributed by atoms with Gasteiger partial charge < -0.3 is 10.6 Å². The molecular formula is C13H17IN2OS. The van der Waals surface area contributed by atoms with Crippen LogP contribution in [0.25, 0.3) is 0 Å². The molecule has 98 valence electrons. The summed E-state index contributed by atoms with van der Waals surface area (Å²) in [6, 6.07) is 7.57. The Morgan fingerprint density at radius 3 is 2.72 bits per heavy atom. The third-order valence-corrected chi connectivity index (χ3v) is 3.79. The van der Waals surface area contributed by atoms with E-state index in [0.29, 0.717) is 23.6 Å². The summed E-state index contributed by atoms with van der Waals surface area (Å²) < 4.78 is 1.05. The third-order valence-electron chi connectivity index (χ3n) is 2.72. The molecule has 0 heterocycles. The second-order valence-electron chi connectivity index (χ2n) is 4.16. The first kappa shape index (κ1) is 15.4. The summed E-state index contributed by atoms with van der Waals surface area (Å²) in [6.07, 6.45) is 0. The van der Waals surface area contributed by atoms with Gasteiger partial charge in [-0.25, -0.2) is 0 Å². The van der Waals surface area contributed by atoms with Crippen molar-refractivity contribution in [2.24, 2.45) is 11.7 Å². The fourth-order valence-corrected chi connectivity index (χ4v) is 2.20. The van der Waals surface area contributed by atoms with Gasteiger partial charge in [0.1, 0.15) is 0 Å². The molecule has 0 fully saturated rings. The number of carbonyl (C=O) groups excluding carboxylic acids is 1. The Labute approximate surface area is 127 Å². The lowest BCUT2D eigenvalue weighted by molar-refractivity contribution is 0.0755. The summed E-state index contributed by atoms with van der Waals surface area (Å²) in [4.78, 5) is 14.5. The van der Waals surface area contributed by atoms with Crippen LogP contribution in [0, 0.1) is 9.49 Å². The van der Waals surface area contributed by atoms with Gasteiger partial charge >= 0.3 is 0 Å². The lowest BCUT2D eigenvalue weighted by Crippen LogP contribution is -2.38. The maximum Gasteiger partial charge on any atom is 0.253 e. The van der Waals surface area contributed by atoms with Crippen LogP contribution < -0.4 is 5.73 Å². The van der Waals surface area contributed by atoms with Gasteiger partial charge in [-0.05, 0) is 47.7 Å². The average molecular weight is 376 g/mol. The van der Waals surface area contributed by atoms with Crippen molar-refractivity contribution in [3.8, 4) is 0 Å². The number of carbonyl (C=O) groups is 1. The monoisotopic (exact) mass is 376 g/mol. The van der Waals surface area contributed by atoms with Gasteiger partial charge in [-0.3, -0.25) is 4.79 Å². The van der Waals surface area contributed by atoms with Crippen LogP contribution in [0.1, 0.15) is 24.2 Å². The Morgan fingerprint density at radius 1 is 1.56 bits per heavy atom. The molecule has 0 saturated heterocycles. The predicted molar refractivity (Wildman–Crippen MR) is 86.7 cm³/mol.